The van der Waals surface area contributed by atoms with Crippen molar-refractivity contribution in [3.8, 4) is 0 Å². The largest absolute Gasteiger partial charge is 0.509 e. The van der Waals surface area contributed by atoms with Gasteiger partial charge in [-0.3, -0.25) is 4.79 Å². The summed E-state index contributed by atoms with van der Waals surface area (Å²) in [5.41, 5.74) is -1.48. The van der Waals surface area contributed by atoms with Crippen LogP contribution in [0.3, 0.4) is 0 Å². The first-order valence-electron chi connectivity index (χ1n) is 13.0. The Bertz CT molecular complexity index is 896. The average molecular weight is 493 g/mol. The monoisotopic (exact) mass is 492 g/mol. The number of ether oxygens (including phenoxy) is 4. The van der Waals surface area contributed by atoms with Crippen LogP contribution in [0.2, 0.25) is 0 Å². The fourth-order valence-electron chi connectivity index (χ4n) is 7.87. The molecule has 4 aliphatic carbocycles. The highest BCUT2D eigenvalue weighted by Gasteiger charge is 2.71. The molecular formula is C27H40O8. The Labute approximate surface area is 207 Å². The Morgan fingerprint density at radius 1 is 1.17 bits per heavy atom. The van der Waals surface area contributed by atoms with Gasteiger partial charge in [0.2, 0.25) is 5.60 Å². The van der Waals surface area contributed by atoms with E-state index in [1.165, 1.54) is 0 Å². The van der Waals surface area contributed by atoms with Crippen molar-refractivity contribution in [3.05, 3.63) is 11.6 Å². The van der Waals surface area contributed by atoms with Crippen LogP contribution in [0.1, 0.15) is 79.6 Å². The summed E-state index contributed by atoms with van der Waals surface area (Å²) >= 11 is 0. The van der Waals surface area contributed by atoms with Crippen molar-refractivity contribution in [1.29, 1.82) is 0 Å². The highest BCUT2D eigenvalue weighted by molar-refractivity contribution is 5.91. The number of rotatable bonds is 6. The molecule has 2 unspecified atom stereocenters. The van der Waals surface area contributed by atoms with Crippen molar-refractivity contribution in [1.82, 2.24) is 0 Å². The van der Waals surface area contributed by atoms with Gasteiger partial charge in [-0.1, -0.05) is 19.4 Å². The van der Waals surface area contributed by atoms with Crippen molar-refractivity contribution in [2.24, 2.45) is 28.6 Å². The standard InChI is InChI=1S/C27H40O8/c1-6-32-15-33-23(30)27(35-24(31)34-16(2)3)12-10-20-19-8-7-17-13-18(28)9-11-25(17,4)22(19)21(29)14-26(20,27)5/h13,16,19-22,29H,6-12,14-15H2,1-5H3/t19-,20-,21?,22-,25-,26-,27?/m0/s1. The first kappa shape index (κ1) is 26.1. The fraction of sp³-hybridized carbons (Fsp3) is 0.815. The summed E-state index contributed by atoms with van der Waals surface area (Å²) in [7, 11) is 0. The molecule has 0 aromatic heterocycles. The van der Waals surface area contributed by atoms with Crippen LogP contribution in [-0.4, -0.2) is 54.2 Å². The van der Waals surface area contributed by atoms with Crippen molar-refractivity contribution in [3.63, 3.8) is 0 Å². The van der Waals surface area contributed by atoms with E-state index in [9.17, 15) is 19.5 Å². The number of ketones is 1. The highest BCUT2D eigenvalue weighted by Crippen LogP contribution is 2.68. The highest BCUT2D eigenvalue weighted by atomic mass is 16.8. The van der Waals surface area contributed by atoms with Crippen LogP contribution in [0.4, 0.5) is 4.79 Å². The molecule has 0 bridgehead atoms. The Hall–Kier alpha value is -1.93. The lowest BCUT2D eigenvalue weighted by molar-refractivity contribution is -0.211. The lowest BCUT2D eigenvalue weighted by Gasteiger charge is -2.60. The van der Waals surface area contributed by atoms with E-state index in [-0.39, 0.29) is 35.7 Å². The Morgan fingerprint density at radius 3 is 2.60 bits per heavy atom. The number of esters is 1. The Balaban J connectivity index is 1.69. The van der Waals surface area contributed by atoms with E-state index in [0.29, 0.717) is 32.3 Å². The molecule has 1 N–H and O–H groups in total. The van der Waals surface area contributed by atoms with Gasteiger partial charge < -0.3 is 24.1 Å². The van der Waals surface area contributed by atoms with Crippen LogP contribution >= 0.6 is 0 Å². The minimum Gasteiger partial charge on any atom is -0.435 e. The summed E-state index contributed by atoms with van der Waals surface area (Å²) in [5, 5.41) is 11.6. The molecule has 8 nitrogen and oxygen atoms in total. The number of allylic oxidation sites excluding steroid dienone is 1. The van der Waals surface area contributed by atoms with E-state index in [0.717, 1.165) is 24.8 Å². The molecule has 196 valence electrons. The molecule has 3 fully saturated rings. The van der Waals surface area contributed by atoms with Crippen molar-refractivity contribution in [2.45, 2.75) is 97.4 Å². The molecule has 4 aliphatic rings. The zero-order valence-corrected chi connectivity index (χ0v) is 21.6. The topological polar surface area (TPSA) is 108 Å². The van der Waals surface area contributed by atoms with E-state index in [1.54, 1.807) is 26.8 Å². The zero-order chi connectivity index (χ0) is 25.6. The Morgan fingerprint density at radius 2 is 1.91 bits per heavy atom. The third-order valence-corrected chi connectivity index (χ3v) is 9.41. The first-order valence-corrected chi connectivity index (χ1v) is 13.0. The van der Waals surface area contributed by atoms with Crippen LogP contribution in [0, 0.1) is 28.6 Å². The van der Waals surface area contributed by atoms with Gasteiger partial charge in [0.05, 0.1) is 12.2 Å². The normalized spacial score (nSPS) is 40.3. The maximum absolute atomic E-state index is 13.6. The predicted octanol–water partition coefficient (Wildman–Crippen LogP) is 4.33. The third kappa shape index (κ3) is 4.20. The first-order chi connectivity index (χ1) is 16.5. The second kappa shape index (κ2) is 9.51. The van der Waals surface area contributed by atoms with Crippen molar-refractivity contribution < 1.29 is 38.4 Å². The van der Waals surface area contributed by atoms with Crippen LogP contribution in [-0.2, 0) is 28.5 Å². The summed E-state index contributed by atoms with van der Waals surface area (Å²) < 4.78 is 21.8. The van der Waals surface area contributed by atoms with Gasteiger partial charge in [0.15, 0.2) is 12.6 Å². The maximum Gasteiger partial charge on any atom is 0.509 e. The van der Waals surface area contributed by atoms with Crippen LogP contribution in [0.15, 0.2) is 11.6 Å². The quantitative estimate of drug-likeness (QED) is 0.332. The summed E-state index contributed by atoms with van der Waals surface area (Å²) in [6.07, 6.45) is 3.94. The Kier molecular flexibility index (Phi) is 7.10. The number of aliphatic hydroxyl groups excluding tert-OH is 1. The maximum atomic E-state index is 13.6. The summed E-state index contributed by atoms with van der Waals surface area (Å²) in [6.45, 7) is 9.53. The van der Waals surface area contributed by atoms with Crippen LogP contribution in [0.5, 0.6) is 0 Å². The van der Waals surface area contributed by atoms with Gasteiger partial charge in [-0.2, -0.15) is 0 Å². The van der Waals surface area contributed by atoms with Crippen LogP contribution in [0.25, 0.3) is 0 Å². The smallest absolute Gasteiger partial charge is 0.435 e. The second-order valence-electron chi connectivity index (χ2n) is 11.5. The molecule has 7 atom stereocenters. The molecule has 0 radical (unpaired) electrons. The average Bonchev–Trinajstić information content (AvgIpc) is 3.06. The number of carbonyl (C=O) groups excluding carboxylic acids is 3. The number of hydrogen-bond donors (Lipinski definition) is 1. The molecule has 0 aromatic rings. The number of aliphatic hydroxyl groups is 1. The van der Waals surface area contributed by atoms with E-state index < -0.39 is 35.3 Å². The van der Waals surface area contributed by atoms with Crippen LogP contribution < -0.4 is 0 Å². The van der Waals surface area contributed by atoms with Gasteiger partial charge in [0.25, 0.3) is 0 Å². The van der Waals surface area contributed by atoms with E-state index >= 15 is 0 Å². The molecule has 0 heterocycles. The molecule has 3 saturated carbocycles. The van der Waals surface area contributed by atoms with E-state index in [1.807, 2.05) is 6.92 Å². The SMILES string of the molecule is CCOCOC(=O)C1(OC(=O)OC(C)C)CC[C@H]2[C@@H]3CCC4=CC(=O)CC[C@]4(C)[C@@H]3C(O)C[C@@]21C. The van der Waals surface area contributed by atoms with Gasteiger partial charge in [0, 0.05) is 18.4 Å². The lowest BCUT2D eigenvalue weighted by Crippen LogP contribution is -2.63. The van der Waals surface area contributed by atoms with Gasteiger partial charge in [-0.25, -0.2) is 9.59 Å². The van der Waals surface area contributed by atoms with Gasteiger partial charge in [-0.05, 0) is 88.5 Å². The van der Waals surface area contributed by atoms with E-state index in [2.05, 4.69) is 6.92 Å². The number of hydrogen-bond acceptors (Lipinski definition) is 8. The minimum absolute atomic E-state index is 0.00784. The lowest BCUT2D eigenvalue weighted by atomic mass is 9.45. The van der Waals surface area contributed by atoms with Gasteiger partial charge in [-0.15, -0.1) is 0 Å². The second-order valence-corrected chi connectivity index (χ2v) is 11.5. The summed E-state index contributed by atoms with van der Waals surface area (Å²) in [5.74, 6) is -0.288. The summed E-state index contributed by atoms with van der Waals surface area (Å²) in [4.78, 5) is 38.4. The van der Waals surface area contributed by atoms with Crippen molar-refractivity contribution >= 4 is 17.9 Å². The molecule has 4 rings (SSSR count). The molecule has 0 aromatic carbocycles. The molecule has 0 spiro atoms. The molecular weight excluding hydrogens is 452 g/mol. The fourth-order valence-corrected chi connectivity index (χ4v) is 7.87. The van der Waals surface area contributed by atoms with Gasteiger partial charge >= 0.3 is 12.1 Å². The molecule has 0 saturated heterocycles. The third-order valence-electron chi connectivity index (χ3n) is 9.41. The molecule has 8 heteroatoms. The van der Waals surface area contributed by atoms with Crippen molar-refractivity contribution in [2.75, 3.05) is 13.4 Å². The molecule has 0 amide bonds. The molecule has 35 heavy (non-hydrogen) atoms. The van der Waals surface area contributed by atoms with Gasteiger partial charge in [0.1, 0.15) is 0 Å². The number of fused-ring (bicyclic) bond motifs is 5. The minimum atomic E-state index is -1.56. The predicted molar refractivity (Wildman–Crippen MR) is 126 cm³/mol. The zero-order valence-electron chi connectivity index (χ0n) is 21.6. The van der Waals surface area contributed by atoms with E-state index in [4.69, 9.17) is 18.9 Å². The summed E-state index contributed by atoms with van der Waals surface area (Å²) in [6, 6.07) is 0. The number of carbonyl (C=O) groups is 3. The molecule has 0 aliphatic heterocycles.